The van der Waals surface area contributed by atoms with Gasteiger partial charge in [0.05, 0.1) is 6.54 Å². The highest BCUT2D eigenvalue weighted by molar-refractivity contribution is 7.19. The van der Waals surface area contributed by atoms with Crippen molar-refractivity contribution < 1.29 is 14.3 Å². The van der Waals surface area contributed by atoms with Crippen LogP contribution in [0.25, 0.3) is 10.4 Å². The first-order valence-corrected chi connectivity index (χ1v) is 12.0. The Labute approximate surface area is 187 Å². The number of hydrogen-bond donors (Lipinski definition) is 0. The molecule has 0 radical (unpaired) electrons. The Hall–Kier alpha value is -2.38. The molecule has 6 rings (SSSR count). The van der Waals surface area contributed by atoms with Crippen LogP contribution in [0.5, 0.6) is 0 Å². The van der Waals surface area contributed by atoms with Crippen LogP contribution >= 0.6 is 11.3 Å². The van der Waals surface area contributed by atoms with Gasteiger partial charge in [-0.2, -0.15) is 0 Å². The molecule has 4 aliphatic rings. The van der Waals surface area contributed by atoms with Crippen LogP contribution in [0, 0.1) is 11.8 Å². The van der Waals surface area contributed by atoms with Gasteiger partial charge in [-0.1, -0.05) is 19.1 Å². The topological polar surface area (TPSA) is 53.1 Å². The first-order chi connectivity index (χ1) is 15.0. The summed E-state index contributed by atoms with van der Waals surface area (Å²) in [6.45, 7) is 5.95. The summed E-state index contributed by atoms with van der Waals surface area (Å²) in [6, 6.07) is 12.0. The van der Waals surface area contributed by atoms with E-state index in [0.29, 0.717) is 24.8 Å². The Morgan fingerprint density at radius 1 is 1.19 bits per heavy atom. The summed E-state index contributed by atoms with van der Waals surface area (Å²) < 4.78 is 5.85. The van der Waals surface area contributed by atoms with Gasteiger partial charge in [0, 0.05) is 36.5 Å². The molecule has 2 aromatic rings. The number of benzene rings is 1. The Bertz CT molecular complexity index is 982. The van der Waals surface area contributed by atoms with Gasteiger partial charge in [-0.05, 0) is 61.7 Å². The second-order valence-electron chi connectivity index (χ2n) is 8.83. The fourth-order valence-electron chi connectivity index (χ4n) is 5.20. The summed E-state index contributed by atoms with van der Waals surface area (Å²) in [7, 11) is 1.81. The molecule has 31 heavy (non-hydrogen) atoms. The van der Waals surface area contributed by atoms with Gasteiger partial charge >= 0.3 is 6.09 Å². The number of rotatable bonds is 5. The van der Waals surface area contributed by atoms with E-state index in [1.165, 1.54) is 25.9 Å². The lowest BCUT2D eigenvalue weighted by atomic mass is 9.76. The maximum atomic E-state index is 12.7. The number of fused-ring (bicyclic) bond motifs is 3. The molecule has 4 aliphatic heterocycles. The molecule has 2 atom stereocenters. The van der Waals surface area contributed by atoms with Crippen LogP contribution in [0.2, 0.25) is 0 Å². The number of carbonyl (C=O) groups excluding carboxylic acids is 2. The van der Waals surface area contributed by atoms with E-state index in [0.717, 1.165) is 27.7 Å². The summed E-state index contributed by atoms with van der Waals surface area (Å²) in [5.74, 6) is 1.23. The second kappa shape index (κ2) is 8.28. The summed E-state index contributed by atoms with van der Waals surface area (Å²) in [5.41, 5.74) is 1.92. The van der Waals surface area contributed by atoms with Gasteiger partial charge in [-0.3, -0.25) is 9.69 Å². The van der Waals surface area contributed by atoms with Gasteiger partial charge in [0.2, 0.25) is 5.91 Å². The molecule has 7 heteroatoms. The van der Waals surface area contributed by atoms with Gasteiger partial charge in [0.25, 0.3) is 0 Å². The van der Waals surface area contributed by atoms with E-state index >= 15 is 0 Å². The molecule has 2 amide bonds. The standard InChI is InChI=1S/C24H29N3O3S/c1-3-22(28)25(2)18-6-4-5-17(13-18)21-7-8-23(31-21)27-15-20(30-24(27)29)19-14-26-11-9-16(19)10-12-26/h4-8,13,16,19-20H,3,9-12,14-15H2,1-2H3. The highest BCUT2D eigenvalue weighted by Crippen LogP contribution is 2.40. The smallest absolute Gasteiger partial charge is 0.415 e. The number of cyclic esters (lactones) is 1. The quantitative estimate of drug-likeness (QED) is 0.691. The van der Waals surface area contributed by atoms with Gasteiger partial charge in [0.15, 0.2) is 0 Å². The number of piperidine rings is 3. The highest BCUT2D eigenvalue weighted by Gasteiger charge is 2.45. The van der Waals surface area contributed by atoms with E-state index in [9.17, 15) is 9.59 Å². The summed E-state index contributed by atoms with van der Waals surface area (Å²) >= 11 is 1.60. The summed E-state index contributed by atoms with van der Waals surface area (Å²) in [6.07, 6.45) is 2.70. The van der Waals surface area contributed by atoms with E-state index in [2.05, 4.69) is 11.0 Å². The number of ether oxygens (including phenoxy) is 1. The van der Waals surface area contributed by atoms with E-state index in [1.807, 2.05) is 37.3 Å². The second-order valence-corrected chi connectivity index (χ2v) is 9.89. The maximum Gasteiger partial charge on any atom is 0.415 e. The number of nitrogens with zero attached hydrogens (tertiary/aromatic N) is 3. The molecule has 0 N–H and O–H groups in total. The fraction of sp³-hybridized carbons (Fsp3) is 0.500. The van der Waals surface area contributed by atoms with Crippen LogP contribution < -0.4 is 9.80 Å². The number of anilines is 2. The molecule has 0 saturated carbocycles. The minimum atomic E-state index is -0.225. The zero-order valence-electron chi connectivity index (χ0n) is 18.1. The van der Waals surface area contributed by atoms with Crippen LogP contribution in [-0.2, 0) is 9.53 Å². The van der Waals surface area contributed by atoms with Crippen molar-refractivity contribution in [1.29, 1.82) is 0 Å². The lowest BCUT2D eigenvalue weighted by Gasteiger charge is -2.46. The Kier molecular flexibility index (Phi) is 5.48. The van der Waals surface area contributed by atoms with Gasteiger partial charge in [0.1, 0.15) is 11.1 Å². The molecule has 0 spiro atoms. The minimum absolute atomic E-state index is 0.0109. The SMILES string of the molecule is CCC(=O)N(C)c1cccc(-c2ccc(N3CC(C4CN5CCC4CC5)OC3=O)s2)c1. The number of amides is 2. The van der Waals surface area contributed by atoms with Crippen LogP contribution in [0.15, 0.2) is 36.4 Å². The van der Waals surface area contributed by atoms with Crippen molar-refractivity contribution in [3.63, 3.8) is 0 Å². The summed E-state index contributed by atoms with van der Waals surface area (Å²) in [4.78, 5) is 31.8. The van der Waals surface area contributed by atoms with E-state index in [1.54, 1.807) is 28.2 Å². The third kappa shape index (κ3) is 3.85. The molecule has 0 aliphatic carbocycles. The van der Waals surface area contributed by atoms with E-state index in [4.69, 9.17) is 4.74 Å². The number of hydrogen-bond acceptors (Lipinski definition) is 5. The first kappa shape index (κ1) is 20.5. The average molecular weight is 440 g/mol. The van der Waals surface area contributed by atoms with Crippen LogP contribution in [0.4, 0.5) is 15.5 Å². The molecule has 6 nitrogen and oxygen atoms in total. The van der Waals surface area contributed by atoms with Crippen molar-refractivity contribution in [3.05, 3.63) is 36.4 Å². The third-order valence-electron chi connectivity index (χ3n) is 7.07. The molecule has 1 aromatic carbocycles. The maximum absolute atomic E-state index is 12.7. The minimum Gasteiger partial charge on any atom is -0.444 e. The van der Waals surface area contributed by atoms with Gasteiger partial charge in [-0.25, -0.2) is 4.79 Å². The van der Waals surface area contributed by atoms with Crippen molar-refractivity contribution in [2.24, 2.45) is 11.8 Å². The predicted molar refractivity (Wildman–Crippen MR) is 124 cm³/mol. The average Bonchev–Trinajstić information content (AvgIpc) is 3.45. The van der Waals surface area contributed by atoms with Crippen molar-refractivity contribution in [2.75, 3.05) is 43.0 Å². The molecule has 2 unspecified atom stereocenters. The zero-order valence-corrected chi connectivity index (χ0v) is 18.9. The Morgan fingerprint density at radius 2 is 2.00 bits per heavy atom. The monoisotopic (exact) mass is 439 g/mol. The predicted octanol–water partition coefficient (Wildman–Crippen LogP) is 4.45. The van der Waals surface area contributed by atoms with E-state index in [-0.39, 0.29) is 18.1 Å². The lowest BCUT2D eigenvalue weighted by molar-refractivity contribution is -0.118. The normalized spacial score (nSPS) is 27.4. The van der Waals surface area contributed by atoms with Crippen LogP contribution in [-0.4, -0.2) is 56.2 Å². The van der Waals surface area contributed by atoms with Crippen molar-refractivity contribution >= 4 is 34.0 Å². The first-order valence-electron chi connectivity index (χ1n) is 11.2. The van der Waals surface area contributed by atoms with Crippen molar-refractivity contribution in [1.82, 2.24) is 4.90 Å². The molecule has 1 aromatic heterocycles. The fourth-order valence-corrected chi connectivity index (χ4v) is 6.20. The van der Waals surface area contributed by atoms with Gasteiger partial charge < -0.3 is 14.5 Å². The van der Waals surface area contributed by atoms with Gasteiger partial charge in [-0.15, -0.1) is 11.3 Å². The third-order valence-corrected chi connectivity index (χ3v) is 8.23. The molecule has 5 heterocycles. The number of thiophene rings is 1. The van der Waals surface area contributed by atoms with Crippen molar-refractivity contribution in [3.8, 4) is 10.4 Å². The molecule has 4 fully saturated rings. The molecule has 4 saturated heterocycles. The van der Waals surface area contributed by atoms with Crippen LogP contribution in [0.1, 0.15) is 26.2 Å². The molecular weight excluding hydrogens is 410 g/mol. The zero-order chi connectivity index (χ0) is 21.5. The lowest BCUT2D eigenvalue weighted by Crippen LogP contribution is -2.52. The highest BCUT2D eigenvalue weighted by atomic mass is 32.1. The van der Waals surface area contributed by atoms with Crippen molar-refractivity contribution in [2.45, 2.75) is 32.3 Å². The molecule has 164 valence electrons. The molecular formula is C24H29N3O3S. The van der Waals surface area contributed by atoms with E-state index < -0.39 is 0 Å². The molecule has 2 bridgehead atoms. The number of carbonyl (C=O) groups is 2. The Morgan fingerprint density at radius 3 is 2.71 bits per heavy atom. The Balaban J connectivity index is 1.32. The largest absolute Gasteiger partial charge is 0.444 e. The van der Waals surface area contributed by atoms with Crippen LogP contribution in [0.3, 0.4) is 0 Å². The summed E-state index contributed by atoms with van der Waals surface area (Å²) in [5, 5.41) is 0.923.